The summed E-state index contributed by atoms with van der Waals surface area (Å²) in [7, 11) is 0. The van der Waals surface area contributed by atoms with Crippen LogP contribution in [-0.4, -0.2) is 51.4 Å². The topological polar surface area (TPSA) is 105 Å². The van der Waals surface area contributed by atoms with Crippen LogP contribution in [0.5, 0.6) is 0 Å². The molecule has 1 saturated carbocycles. The molecule has 3 rings (SSSR count). The van der Waals surface area contributed by atoms with Crippen molar-refractivity contribution < 1.29 is 5.11 Å². The number of anilines is 1. The number of nitrogens with one attached hydrogen (secondary N) is 3. The number of H-pyrrole nitrogens is 1. The molecule has 2 heterocycles. The Labute approximate surface area is 122 Å². The van der Waals surface area contributed by atoms with Crippen molar-refractivity contribution in [3.63, 3.8) is 0 Å². The molecule has 1 aliphatic carbocycles. The van der Waals surface area contributed by atoms with Crippen LogP contribution in [0.1, 0.15) is 43.6 Å². The van der Waals surface area contributed by atoms with Crippen LogP contribution >= 0.6 is 0 Å². The molecule has 21 heavy (non-hydrogen) atoms. The molecule has 1 aliphatic heterocycles. The lowest BCUT2D eigenvalue weighted by Crippen LogP contribution is -2.52. The fourth-order valence-corrected chi connectivity index (χ4v) is 2.66. The summed E-state index contributed by atoms with van der Waals surface area (Å²) in [5.41, 5.74) is -0.00811. The average molecular weight is 291 g/mol. The summed E-state index contributed by atoms with van der Waals surface area (Å²) < 4.78 is 0. The van der Waals surface area contributed by atoms with Gasteiger partial charge in [-0.2, -0.15) is 0 Å². The van der Waals surface area contributed by atoms with Gasteiger partial charge >= 0.3 is 0 Å². The van der Waals surface area contributed by atoms with Gasteiger partial charge in [0.25, 0.3) is 5.56 Å². The highest BCUT2D eigenvalue weighted by Crippen LogP contribution is 2.26. The number of hydrogen-bond acceptors (Lipinski definition) is 6. The highest BCUT2D eigenvalue weighted by atomic mass is 16.3. The SMILES string of the molecule is C[C@H](c1nc(NC2CCC2)c(C=N)c(=O)[nH]1)N1CC(O)C1. The van der Waals surface area contributed by atoms with Gasteiger partial charge in [0.1, 0.15) is 11.6 Å². The van der Waals surface area contributed by atoms with Crippen LogP contribution in [0.3, 0.4) is 0 Å². The van der Waals surface area contributed by atoms with Gasteiger partial charge < -0.3 is 20.8 Å². The Morgan fingerprint density at radius 1 is 1.52 bits per heavy atom. The summed E-state index contributed by atoms with van der Waals surface area (Å²) in [6.07, 6.45) is 4.11. The summed E-state index contributed by atoms with van der Waals surface area (Å²) in [5, 5.41) is 20.1. The minimum absolute atomic E-state index is 0.0529. The van der Waals surface area contributed by atoms with Crippen LogP contribution in [0, 0.1) is 5.41 Å². The molecule has 1 saturated heterocycles. The Bertz CT molecular complexity index is 590. The van der Waals surface area contributed by atoms with Crippen LogP contribution < -0.4 is 10.9 Å². The zero-order chi connectivity index (χ0) is 15.0. The van der Waals surface area contributed by atoms with Gasteiger partial charge in [0, 0.05) is 25.3 Å². The van der Waals surface area contributed by atoms with Crippen molar-refractivity contribution >= 4 is 12.0 Å². The predicted octanol–water partition coefficient (Wildman–Crippen LogP) is 0.469. The molecule has 0 unspecified atom stereocenters. The van der Waals surface area contributed by atoms with Crippen LogP contribution in [0.15, 0.2) is 4.79 Å². The van der Waals surface area contributed by atoms with E-state index >= 15 is 0 Å². The zero-order valence-electron chi connectivity index (χ0n) is 12.1. The maximum Gasteiger partial charge on any atom is 0.261 e. The Morgan fingerprint density at radius 2 is 2.24 bits per heavy atom. The molecule has 2 aliphatic rings. The molecule has 114 valence electrons. The summed E-state index contributed by atoms with van der Waals surface area (Å²) in [6.45, 7) is 3.16. The van der Waals surface area contributed by atoms with Gasteiger partial charge in [0.05, 0.1) is 17.7 Å². The average Bonchev–Trinajstić information content (AvgIpc) is 2.38. The number of rotatable bonds is 5. The van der Waals surface area contributed by atoms with E-state index in [9.17, 15) is 9.90 Å². The normalized spacial score (nSPS) is 21.4. The van der Waals surface area contributed by atoms with Gasteiger partial charge in [-0.1, -0.05) is 0 Å². The van der Waals surface area contributed by atoms with Gasteiger partial charge in [-0.15, -0.1) is 0 Å². The largest absolute Gasteiger partial charge is 0.390 e. The maximum atomic E-state index is 12.1. The van der Waals surface area contributed by atoms with Crippen molar-refractivity contribution in [3.8, 4) is 0 Å². The lowest BCUT2D eigenvalue weighted by molar-refractivity contribution is -0.0230. The summed E-state index contributed by atoms with van der Waals surface area (Å²) in [4.78, 5) is 21.5. The first-order chi connectivity index (χ1) is 10.1. The van der Waals surface area contributed by atoms with E-state index in [2.05, 4.69) is 20.2 Å². The third-order valence-electron chi connectivity index (χ3n) is 4.40. The van der Waals surface area contributed by atoms with Crippen LogP contribution in [-0.2, 0) is 0 Å². The number of aromatic nitrogens is 2. The van der Waals surface area contributed by atoms with E-state index in [1.165, 1.54) is 6.42 Å². The van der Waals surface area contributed by atoms with Crippen molar-refractivity contribution in [2.45, 2.75) is 44.4 Å². The second-order valence-electron chi connectivity index (χ2n) is 5.91. The van der Waals surface area contributed by atoms with Crippen molar-refractivity contribution in [2.24, 2.45) is 0 Å². The molecule has 0 radical (unpaired) electrons. The van der Waals surface area contributed by atoms with E-state index in [0.29, 0.717) is 30.8 Å². The van der Waals surface area contributed by atoms with E-state index in [0.717, 1.165) is 19.1 Å². The van der Waals surface area contributed by atoms with Gasteiger partial charge in [-0.3, -0.25) is 9.69 Å². The molecule has 1 atom stereocenters. The monoisotopic (exact) mass is 291 g/mol. The fourth-order valence-electron chi connectivity index (χ4n) is 2.66. The third-order valence-corrected chi connectivity index (χ3v) is 4.40. The van der Waals surface area contributed by atoms with Crippen LogP contribution in [0.2, 0.25) is 0 Å². The van der Waals surface area contributed by atoms with Gasteiger partial charge in [-0.05, 0) is 26.2 Å². The van der Waals surface area contributed by atoms with Gasteiger partial charge in [-0.25, -0.2) is 4.98 Å². The molecule has 0 aromatic carbocycles. The van der Waals surface area contributed by atoms with Gasteiger partial charge in [0.2, 0.25) is 0 Å². The smallest absolute Gasteiger partial charge is 0.261 e. The number of likely N-dealkylation sites (tertiary alicyclic amines) is 1. The Morgan fingerprint density at radius 3 is 2.76 bits per heavy atom. The first-order valence-electron chi connectivity index (χ1n) is 7.42. The second-order valence-corrected chi connectivity index (χ2v) is 5.91. The highest BCUT2D eigenvalue weighted by molar-refractivity contribution is 5.83. The number of aliphatic hydroxyl groups is 1. The lowest BCUT2D eigenvalue weighted by Gasteiger charge is -2.39. The van der Waals surface area contributed by atoms with E-state index in [-0.39, 0.29) is 23.3 Å². The first-order valence-corrected chi connectivity index (χ1v) is 7.42. The fraction of sp³-hybridized carbons (Fsp3) is 0.643. The highest BCUT2D eigenvalue weighted by Gasteiger charge is 2.31. The molecule has 1 aromatic rings. The van der Waals surface area contributed by atoms with E-state index in [1.54, 1.807) is 0 Å². The Hall–Kier alpha value is -1.73. The second kappa shape index (κ2) is 5.57. The van der Waals surface area contributed by atoms with Crippen molar-refractivity contribution in [1.29, 1.82) is 5.41 Å². The van der Waals surface area contributed by atoms with E-state index in [4.69, 9.17) is 5.41 Å². The molecular formula is C14H21N5O2. The van der Waals surface area contributed by atoms with Crippen LogP contribution in [0.25, 0.3) is 0 Å². The number of nitrogens with zero attached hydrogens (tertiary/aromatic N) is 2. The van der Waals surface area contributed by atoms with Crippen LogP contribution in [0.4, 0.5) is 5.82 Å². The van der Waals surface area contributed by atoms with Crippen molar-refractivity contribution in [1.82, 2.24) is 14.9 Å². The Kier molecular flexibility index (Phi) is 3.77. The van der Waals surface area contributed by atoms with Crippen molar-refractivity contribution in [2.75, 3.05) is 18.4 Å². The molecule has 0 spiro atoms. The van der Waals surface area contributed by atoms with E-state index in [1.807, 2.05) is 6.92 Å². The quantitative estimate of drug-likeness (QED) is 0.590. The minimum Gasteiger partial charge on any atom is -0.390 e. The standard InChI is InChI=1S/C14H21N5O2/c1-8(19-6-10(20)7-19)12-17-13(16-9-3-2-4-9)11(5-15)14(21)18-12/h5,8-10,15,20H,2-4,6-7H2,1H3,(H2,16,17,18,21)/t8-/m1/s1. The molecule has 0 bridgehead atoms. The summed E-state index contributed by atoms with van der Waals surface area (Å²) in [6, 6.07) is 0.301. The van der Waals surface area contributed by atoms with Gasteiger partial charge in [0.15, 0.2) is 0 Å². The molecule has 4 N–H and O–H groups in total. The number of aliphatic hydroxyl groups excluding tert-OH is 1. The maximum absolute atomic E-state index is 12.1. The number of hydrogen-bond donors (Lipinski definition) is 4. The Balaban J connectivity index is 1.86. The number of β-amino-alcohol motifs (C(OH)–C–C–N with tert-alkyl or cyclic N) is 1. The van der Waals surface area contributed by atoms with Crippen molar-refractivity contribution in [3.05, 3.63) is 21.7 Å². The van der Waals surface area contributed by atoms with E-state index < -0.39 is 0 Å². The molecule has 2 fully saturated rings. The minimum atomic E-state index is -0.287. The summed E-state index contributed by atoms with van der Waals surface area (Å²) >= 11 is 0. The predicted molar refractivity (Wildman–Crippen MR) is 80.0 cm³/mol. The molecule has 7 nitrogen and oxygen atoms in total. The lowest BCUT2D eigenvalue weighted by atomic mass is 9.93. The molecule has 0 amide bonds. The number of aromatic amines is 1. The molecule has 7 heteroatoms. The summed E-state index contributed by atoms with van der Waals surface area (Å²) in [5.74, 6) is 1.08. The zero-order valence-corrected chi connectivity index (χ0v) is 12.1. The molecular weight excluding hydrogens is 270 g/mol. The molecule has 1 aromatic heterocycles. The first kappa shape index (κ1) is 14.2. The third kappa shape index (κ3) is 2.71.